The molecule has 0 saturated heterocycles. The number of fused-ring (bicyclic) bond motifs is 1. The predicted octanol–water partition coefficient (Wildman–Crippen LogP) is 4.34. The summed E-state index contributed by atoms with van der Waals surface area (Å²) in [5, 5.41) is 5.75. The van der Waals surface area contributed by atoms with Crippen molar-refractivity contribution in [1.29, 1.82) is 0 Å². The molecule has 32 heavy (non-hydrogen) atoms. The van der Waals surface area contributed by atoms with Crippen LogP contribution in [0.25, 0.3) is 0 Å². The van der Waals surface area contributed by atoms with Crippen molar-refractivity contribution in [1.82, 2.24) is 5.01 Å². The molecule has 2 aliphatic rings. The fourth-order valence-electron chi connectivity index (χ4n) is 4.66. The third kappa shape index (κ3) is 6.61. The van der Waals surface area contributed by atoms with Gasteiger partial charge < -0.3 is 15.5 Å². The third-order valence-electron chi connectivity index (χ3n) is 6.66. The molecule has 0 bridgehead atoms. The topological polar surface area (TPSA) is 97.2 Å². The number of nitrogens with two attached hydrogens (primary N) is 2. The molecule has 1 aromatic rings. The average Bonchev–Trinajstić information content (AvgIpc) is 2.80. The number of amides is 1. The lowest BCUT2D eigenvalue weighted by Gasteiger charge is -2.32. The van der Waals surface area contributed by atoms with Gasteiger partial charge >= 0.3 is 0 Å². The first-order valence-corrected chi connectivity index (χ1v) is 12.4. The molecule has 1 aliphatic carbocycles. The largest absolute Gasteiger partial charge is 0.494 e. The molecule has 0 unspecified atom stereocenters. The maximum absolute atomic E-state index is 12.4. The van der Waals surface area contributed by atoms with Gasteiger partial charge in [0.2, 0.25) is 5.91 Å². The zero-order chi connectivity index (χ0) is 22.9. The highest BCUT2D eigenvalue weighted by Gasteiger charge is 2.24. The van der Waals surface area contributed by atoms with Crippen LogP contribution in [0.15, 0.2) is 23.3 Å². The average molecular weight is 444 g/mol. The lowest BCUT2D eigenvalue weighted by molar-refractivity contribution is -0.118. The van der Waals surface area contributed by atoms with Crippen LogP contribution >= 0.6 is 0 Å². The number of hydrazone groups is 1. The monoisotopic (exact) mass is 443 g/mol. The van der Waals surface area contributed by atoms with Crippen molar-refractivity contribution in [3.63, 3.8) is 0 Å². The number of hydrogen-bond acceptors (Lipinski definition) is 5. The molecular weight excluding hydrogens is 402 g/mol. The predicted molar refractivity (Wildman–Crippen MR) is 130 cm³/mol. The lowest BCUT2D eigenvalue weighted by atomic mass is 9.95. The molecule has 1 aliphatic heterocycles. The fourth-order valence-corrected chi connectivity index (χ4v) is 4.66. The molecule has 7 nitrogen and oxygen atoms in total. The number of carbonyl (C=O) groups excluding carboxylic acids is 1. The van der Waals surface area contributed by atoms with E-state index < -0.39 is 0 Å². The highest BCUT2D eigenvalue weighted by Crippen LogP contribution is 2.31. The Bertz CT molecular complexity index is 774. The van der Waals surface area contributed by atoms with E-state index in [0.717, 1.165) is 68.8 Å². The van der Waals surface area contributed by atoms with Gasteiger partial charge in [-0.3, -0.25) is 9.80 Å². The van der Waals surface area contributed by atoms with Crippen LogP contribution in [-0.4, -0.2) is 35.9 Å². The summed E-state index contributed by atoms with van der Waals surface area (Å²) in [7, 11) is 0. The molecular formula is C25H41N5O2. The van der Waals surface area contributed by atoms with Crippen LogP contribution in [0.5, 0.6) is 5.75 Å². The number of hydrogen-bond donors (Lipinski definition) is 2. The Kier molecular flexibility index (Phi) is 9.21. The number of hydrazine groups is 1. The zero-order valence-corrected chi connectivity index (χ0v) is 19.9. The maximum Gasteiger partial charge on any atom is 0.227 e. The molecule has 0 radical (unpaired) electrons. The normalized spacial score (nSPS) is 17.6. The number of carbonyl (C=O) groups is 1. The molecule has 0 aromatic heterocycles. The highest BCUT2D eigenvalue weighted by molar-refractivity contribution is 5.96. The molecule has 0 atom stereocenters. The van der Waals surface area contributed by atoms with Gasteiger partial charge in [0.15, 0.2) is 0 Å². The molecule has 4 N–H and O–H groups in total. The van der Waals surface area contributed by atoms with E-state index in [1.807, 2.05) is 17.0 Å². The van der Waals surface area contributed by atoms with E-state index in [0.29, 0.717) is 25.0 Å². The summed E-state index contributed by atoms with van der Waals surface area (Å²) in [5.41, 5.74) is 2.25. The second-order valence-electron chi connectivity index (χ2n) is 9.57. The second-order valence-corrected chi connectivity index (χ2v) is 9.57. The first-order chi connectivity index (χ1) is 15.5. The number of unbranched alkanes of at least 4 members (excludes halogenated alkanes) is 1. The minimum Gasteiger partial charge on any atom is -0.494 e. The summed E-state index contributed by atoms with van der Waals surface area (Å²) in [6.45, 7) is 5.81. The van der Waals surface area contributed by atoms with E-state index in [1.165, 1.54) is 24.8 Å². The van der Waals surface area contributed by atoms with Crippen LogP contribution in [-0.2, 0) is 11.2 Å². The fraction of sp³-hybridized carbons (Fsp3) is 0.680. The van der Waals surface area contributed by atoms with Crippen LogP contribution in [0, 0.1) is 5.92 Å². The van der Waals surface area contributed by atoms with E-state index in [9.17, 15) is 4.79 Å². The van der Waals surface area contributed by atoms with Gasteiger partial charge in [-0.2, -0.15) is 5.10 Å². The summed E-state index contributed by atoms with van der Waals surface area (Å²) in [6, 6.07) is 6.49. The number of anilines is 1. The smallest absolute Gasteiger partial charge is 0.227 e. The summed E-state index contributed by atoms with van der Waals surface area (Å²) in [4.78, 5) is 14.3. The van der Waals surface area contributed by atoms with Crippen molar-refractivity contribution in [2.24, 2.45) is 22.7 Å². The number of ether oxygens (including phenoxy) is 1. The van der Waals surface area contributed by atoms with Crippen LogP contribution in [0.1, 0.15) is 83.6 Å². The van der Waals surface area contributed by atoms with Crippen LogP contribution < -0.4 is 21.3 Å². The van der Waals surface area contributed by atoms with Crippen LogP contribution in [0.2, 0.25) is 0 Å². The standard InChI is InChI=1S/C25H41N5O2/c1-19(2)15-16-29-23-13-12-22(18-20(23)11-14-25(29)31)32-17-7-6-10-24(28-26)30(27)21-8-4-3-5-9-21/h12-13,18-19,21H,3-11,14-17,26-27H2,1-2H3/b28-24-. The molecule has 1 aromatic carbocycles. The van der Waals surface area contributed by atoms with Gasteiger partial charge in [-0.05, 0) is 68.2 Å². The molecule has 178 valence electrons. The summed E-state index contributed by atoms with van der Waals surface area (Å²) in [5.74, 6) is 14.4. The summed E-state index contributed by atoms with van der Waals surface area (Å²) >= 11 is 0. The number of benzene rings is 1. The lowest BCUT2D eigenvalue weighted by Crippen LogP contribution is -2.46. The SMILES string of the molecule is CC(C)CCN1C(=O)CCc2cc(OCCCC/C(=N/N)N(N)C3CCCCC3)ccc21. The van der Waals surface area contributed by atoms with Crippen molar-refractivity contribution in [2.45, 2.75) is 90.5 Å². The van der Waals surface area contributed by atoms with Gasteiger partial charge in [0.1, 0.15) is 11.6 Å². The van der Waals surface area contributed by atoms with Crippen molar-refractivity contribution >= 4 is 17.4 Å². The van der Waals surface area contributed by atoms with Gasteiger partial charge in [-0.15, -0.1) is 0 Å². The molecule has 1 fully saturated rings. The van der Waals surface area contributed by atoms with Crippen molar-refractivity contribution in [2.75, 3.05) is 18.1 Å². The first-order valence-electron chi connectivity index (χ1n) is 12.4. The highest BCUT2D eigenvalue weighted by atomic mass is 16.5. The maximum atomic E-state index is 12.4. The van der Waals surface area contributed by atoms with E-state index >= 15 is 0 Å². The Morgan fingerprint density at radius 1 is 1.22 bits per heavy atom. The van der Waals surface area contributed by atoms with Gasteiger partial charge in [0.25, 0.3) is 0 Å². The Balaban J connectivity index is 1.44. The van der Waals surface area contributed by atoms with Gasteiger partial charge in [0, 0.05) is 31.1 Å². The van der Waals surface area contributed by atoms with E-state index in [4.69, 9.17) is 16.4 Å². The van der Waals surface area contributed by atoms with Crippen molar-refractivity contribution < 1.29 is 9.53 Å². The van der Waals surface area contributed by atoms with Gasteiger partial charge in [0.05, 0.1) is 6.61 Å². The van der Waals surface area contributed by atoms with E-state index in [-0.39, 0.29) is 5.91 Å². The molecule has 0 spiro atoms. The Labute approximate surface area is 193 Å². The van der Waals surface area contributed by atoms with Crippen LogP contribution in [0.4, 0.5) is 5.69 Å². The molecule has 1 heterocycles. The van der Waals surface area contributed by atoms with E-state index in [2.05, 4.69) is 25.0 Å². The molecule has 1 saturated carbocycles. The minimum atomic E-state index is 0.228. The van der Waals surface area contributed by atoms with E-state index in [1.54, 1.807) is 5.01 Å². The van der Waals surface area contributed by atoms with Crippen molar-refractivity contribution in [3.05, 3.63) is 23.8 Å². The number of aryl methyl sites for hydroxylation is 1. The molecule has 7 heteroatoms. The van der Waals surface area contributed by atoms with Crippen molar-refractivity contribution in [3.8, 4) is 5.75 Å². The number of nitrogens with zero attached hydrogens (tertiary/aromatic N) is 3. The molecule has 1 amide bonds. The second kappa shape index (κ2) is 12.1. The Morgan fingerprint density at radius 3 is 2.72 bits per heavy atom. The zero-order valence-electron chi connectivity index (χ0n) is 19.9. The van der Waals surface area contributed by atoms with Gasteiger partial charge in [-0.1, -0.05) is 33.1 Å². The van der Waals surface area contributed by atoms with Gasteiger partial charge in [-0.25, -0.2) is 5.84 Å². The number of rotatable bonds is 10. The first kappa shape index (κ1) is 24.4. The third-order valence-corrected chi connectivity index (χ3v) is 6.66. The quantitative estimate of drug-likeness (QED) is 0.184. The summed E-state index contributed by atoms with van der Waals surface area (Å²) < 4.78 is 6.01. The Hall–Kier alpha value is -2.28. The summed E-state index contributed by atoms with van der Waals surface area (Å²) in [6.07, 6.45) is 11.0. The van der Waals surface area contributed by atoms with Crippen LogP contribution in [0.3, 0.4) is 0 Å². The number of amidine groups is 1. The minimum absolute atomic E-state index is 0.228. The Morgan fingerprint density at radius 2 is 2.00 bits per heavy atom. The molecule has 3 rings (SSSR count).